The lowest BCUT2D eigenvalue weighted by Crippen LogP contribution is -1.89. The fraction of sp³-hybridized carbons (Fsp3) is 0.0714. The molecule has 0 aliphatic heterocycles. The van der Waals surface area contributed by atoms with Crippen LogP contribution in [-0.4, -0.2) is 26.3 Å². The molecule has 0 spiro atoms. The fourth-order valence-corrected chi connectivity index (χ4v) is 1.99. The standard InChI is InChI=1S/C14H11N5O3/c1-9-6-10(19(20)21)2-4-12(9)13-5-3-11(22-13)7-15-14-16-8-17-18-14/h2-8H,1H3,(H,16,17,18)/b15-7+. The molecule has 8 nitrogen and oxygen atoms in total. The number of nitrogens with zero attached hydrogens (tertiary/aromatic N) is 4. The minimum Gasteiger partial charge on any atom is -0.455 e. The second kappa shape index (κ2) is 5.60. The predicted molar refractivity (Wildman–Crippen MR) is 79.2 cm³/mol. The molecule has 110 valence electrons. The van der Waals surface area contributed by atoms with Crippen LogP contribution in [0.3, 0.4) is 0 Å². The largest absolute Gasteiger partial charge is 0.455 e. The molecule has 0 saturated heterocycles. The number of hydrogen-bond donors (Lipinski definition) is 1. The Hall–Kier alpha value is -3.29. The average Bonchev–Trinajstić information content (AvgIpc) is 3.16. The maximum absolute atomic E-state index is 10.8. The van der Waals surface area contributed by atoms with E-state index in [2.05, 4.69) is 20.2 Å². The predicted octanol–water partition coefficient (Wildman–Crippen LogP) is 3.03. The Kier molecular flexibility index (Phi) is 3.48. The van der Waals surface area contributed by atoms with Gasteiger partial charge in [-0.2, -0.15) is 10.1 Å². The van der Waals surface area contributed by atoms with Crippen LogP contribution in [0, 0.1) is 17.0 Å². The summed E-state index contributed by atoms with van der Waals surface area (Å²) in [6.45, 7) is 1.80. The number of aliphatic imine (C=N–C) groups is 1. The van der Waals surface area contributed by atoms with Crippen LogP contribution in [0.4, 0.5) is 11.6 Å². The Balaban J connectivity index is 1.86. The number of non-ortho nitro benzene ring substituents is 1. The van der Waals surface area contributed by atoms with Crippen LogP contribution < -0.4 is 0 Å². The number of aromatic nitrogens is 3. The monoisotopic (exact) mass is 297 g/mol. The Bertz CT molecular complexity index is 836. The number of rotatable bonds is 4. The van der Waals surface area contributed by atoms with Crippen LogP contribution in [0.1, 0.15) is 11.3 Å². The first-order chi connectivity index (χ1) is 10.6. The van der Waals surface area contributed by atoms with Crippen LogP contribution in [0.15, 0.2) is 46.1 Å². The molecule has 2 aromatic heterocycles. The number of hydrogen-bond acceptors (Lipinski definition) is 6. The molecule has 22 heavy (non-hydrogen) atoms. The van der Waals surface area contributed by atoms with Gasteiger partial charge in [-0.3, -0.25) is 10.1 Å². The lowest BCUT2D eigenvalue weighted by Gasteiger charge is -2.02. The molecule has 0 amide bonds. The van der Waals surface area contributed by atoms with E-state index in [9.17, 15) is 10.1 Å². The summed E-state index contributed by atoms with van der Waals surface area (Å²) < 4.78 is 5.67. The topological polar surface area (TPSA) is 110 Å². The van der Waals surface area contributed by atoms with E-state index in [4.69, 9.17) is 4.42 Å². The number of aromatic amines is 1. The van der Waals surface area contributed by atoms with E-state index >= 15 is 0 Å². The molecule has 0 aliphatic carbocycles. The van der Waals surface area contributed by atoms with E-state index in [1.54, 1.807) is 25.1 Å². The number of aryl methyl sites for hydroxylation is 1. The number of nitro benzene ring substituents is 1. The van der Waals surface area contributed by atoms with Crippen molar-refractivity contribution in [3.8, 4) is 11.3 Å². The highest BCUT2D eigenvalue weighted by atomic mass is 16.6. The summed E-state index contributed by atoms with van der Waals surface area (Å²) >= 11 is 0. The maximum Gasteiger partial charge on any atom is 0.269 e. The average molecular weight is 297 g/mol. The lowest BCUT2D eigenvalue weighted by molar-refractivity contribution is -0.384. The summed E-state index contributed by atoms with van der Waals surface area (Å²) in [6, 6.07) is 8.18. The third kappa shape index (κ3) is 2.75. The smallest absolute Gasteiger partial charge is 0.269 e. The highest BCUT2D eigenvalue weighted by Crippen LogP contribution is 2.28. The minimum absolute atomic E-state index is 0.0555. The number of H-pyrrole nitrogens is 1. The molecule has 0 bridgehead atoms. The van der Waals surface area contributed by atoms with Crippen LogP contribution >= 0.6 is 0 Å². The quantitative estimate of drug-likeness (QED) is 0.452. The van der Waals surface area contributed by atoms with Crippen molar-refractivity contribution in [3.63, 3.8) is 0 Å². The van der Waals surface area contributed by atoms with E-state index in [-0.39, 0.29) is 5.69 Å². The summed E-state index contributed by atoms with van der Waals surface area (Å²) in [6.07, 6.45) is 2.88. The van der Waals surface area contributed by atoms with Gasteiger partial charge >= 0.3 is 0 Å². The number of nitro groups is 1. The molecule has 2 heterocycles. The highest BCUT2D eigenvalue weighted by molar-refractivity contribution is 5.79. The van der Waals surface area contributed by atoms with Crippen molar-refractivity contribution in [1.82, 2.24) is 15.2 Å². The molecule has 1 N–H and O–H groups in total. The molecule has 0 atom stereocenters. The van der Waals surface area contributed by atoms with Crippen molar-refractivity contribution >= 4 is 17.9 Å². The van der Waals surface area contributed by atoms with E-state index in [0.29, 0.717) is 17.5 Å². The Labute approximate surface area is 124 Å². The molecule has 0 aliphatic rings. The molecule has 3 aromatic rings. The zero-order chi connectivity index (χ0) is 15.5. The number of benzene rings is 1. The fourth-order valence-electron chi connectivity index (χ4n) is 1.99. The van der Waals surface area contributed by atoms with Crippen molar-refractivity contribution in [2.45, 2.75) is 6.92 Å². The minimum atomic E-state index is -0.422. The first kappa shape index (κ1) is 13.7. The van der Waals surface area contributed by atoms with Gasteiger partial charge < -0.3 is 4.42 Å². The molecule has 8 heteroatoms. The van der Waals surface area contributed by atoms with Gasteiger partial charge in [0.2, 0.25) is 5.95 Å². The molecular weight excluding hydrogens is 286 g/mol. The zero-order valence-electron chi connectivity index (χ0n) is 11.6. The molecule has 0 radical (unpaired) electrons. The molecular formula is C14H11N5O3. The number of furan rings is 1. The SMILES string of the molecule is Cc1cc([N+](=O)[O-])ccc1-c1ccc(/C=N/c2ncn[nH]2)o1. The van der Waals surface area contributed by atoms with Crippen molar-refractivity contribution < 1.29 is 9.34 Å². The van der Waals surface area contributed by atoms with Crippen LogP contribution in [0.2, 0.25) is 0 Å². The molecule has 3 rings (SSSR count). The van der Waals surface area contributed by atoms with Crippen molar-refractivity contribution in [2.75, 3.05) is 0 Å². The first-order valence-electron chi connectivity index (χ1n) is 6.38. The lowest BCUT2D eigenvalue weighted by atomic mass is 10.1. The van der Waals surface area contributed by atoms with Gasteiger partial charge in [0, 0.05) is 17.7 Å². The summed E-state index contributed by atoms with van der Waals surface area (Å²) in [7, 11) is 0. The molecule has 0 saturated carbocycles. The maximum atomic E-state index is 10.8. The third-order valence-corrected chi connectivity index (χ3v) is 3.03. The van der Waals surface area contributed by atoms with Crippen molar-refractivity contribution in [3.05, 3.63) is 58.1 Å². The van der Waals surface area contributed by atoms with E-state index in [1.165, 1.54) is 24.7 Å². The third-order valence-electron chi connectivity index (χ3n) is 3.03. The van der Waals surface area contributed by atoms with Crippen LogP contribution in [-0.2, 0) is 0 Å². The van der Waals surface area contributed by atoms with E-state index in [0.717, 1.165) is 11.1 Å². The highest BCUT2D eigenvalue weighted by Gasteiger charge is 2.11. The van der Waals surface area contributed by atoms with Gasteiger partial charge in [0.15, 0.2) is 0 Å². The van der Waals surface area contributed by atoms with Crippen molar-refractivity contribution in [2.24, 2.45) is 4.99 Å². The molecule has 0 fully saturated rings. The molecule has 1 aromatic carbocycles. The second-order valence-corrected chi connectivity index (χ2v) is 4.53. The summed E-state index contributed by atoms with van der Waals surface area (Å²) in [5.41, 5.74) is 1.62. The second-order valence-electron chi connectivity index (χ2n) is 4.53. The molecule has 0 unspecified atom stereocenters. The van der Waals surface area contributed by atoms with Gasteiger partial charge in [-0.05, 0) is 30.7 Å². The first-order valence-corrected chi connectivity index (χ1v) is 6.38. The summed E-state index contributed by atoms with van der Waals surface area (Å²) in [4.78, 5) is 18.3. The number of nitrogens with one attached hydrogen (secondary N) is 1. The Morgan fingerprint density at radius 3 is 2.91 bits per heavy atom. The van der Waals surface area contributed by atoms with Gasteiger partial charge in [-0.15, -0.1) is 0 Å². The van der Waals surface area contributed by atoms with Gasteiger partial charge in [0.05, 0.1) is 11.1 Å². The zero-order valence-corrected chi connectivity index (χ0v) is 11.6. The normalized spacial score (nSPS) is 11.1. The van der Waals surface area contributed by atoms with Gasteiger partial charge in [-0.25, -0.2) is 10.1 Å². The van der Waals surface area contributed by atoms with Crippen LogP contribution in [0.25, 0.3) is 11.3 Å². The Morgan fingerprint density at radius 2 is 2.23 bits per heavy atom. The summed E-state index contributed by atoms with van der Waals surface area (Å²) in [5, 5.41) is 17.0. The van der Waals surface area contributed by atoms with Gasteiger partial charge in [0.1, 0.15) is 17.8 Å². The van der Waals surface area contributed by atoms with E-state index in [1.807, 2.05) is 0 Å². The van der Waals surface area contributed by atoms with Crippen LogP contribution in [0.5, 0.6) is 0 Å². The van der Waals surface area contributed by atoms with E-state index < -0.39 is 4.92 Å². The summed E-state index contributed by atoms with van der Waals surface area (Å²) in [5.74, 6) is 1.54. The van der Waals surface area contributed by atoms with Gasteiger partial charge in [-0.1, -0.05) is 0 Å². The van der Waals surface area contributed by atoms with Crippen molar-refractivity contribution in [1.29, 1.82) is 0 Å². The van der Waals surface area contributed by atoms with Gasteiger partial charge in [0.25, 0.3) is 5.69 Å². The Morgan fingerprint density at radius 1 is 1.36 bits per heavy atom.